The molecule has 0 saturated carbocycles. The van der Waals surface area contributed by atoms with Gasteiger partial charge >= 0.3 is 0 Å². The summed E-state index contributed by atoms with van der Waals surface area (Å²) in [6.07, 6.45) is 3.27. The highest BCUT2D eigenvalue weighted by Crippen LogP contribution is 2.26. The van der Waals surface area contributed by atoms with E-state index in [1.165, 1.54) is 4.88 Å². The Morgan fingerprint density at radius 1 is 1.17 bits per heavy atom. The number of benzene rings is 1. The number of rotatable bonds is 6. The van der Waals surface area contributed by atoms with E-state index in [1.54, 1.807) is 7.11 Å². The third kappa shape index (κ3) is 4.29. The van der Waals surface area contributed by atoms with Crippen molar-refractivity contribution in [3.63, 3.8) is 0 Å². The molecule has 0 aliphatic carbocycles. The molecule has 1 amide bonds. The Hall–Kier alpha value is -2.01. The fourth-order valence-electron chi connectivity index (χ4n) is 3.07. The molecular formula is C19H23NO3S. The molecule has 1 saturated heterocycles. The smallest absolute Gasteiger partial charge is 0.260 e. The van der Waals surface area contributed by atoms with Crippen LogP contribution in [0.15, 0.2) is 41.8 Å². The largest absolute Gasteiger partial charge is 0.493 e. The van der Waals surface area contributed by atoms with E-state index in [2.05, 4.69) is 17.5 Å². The van der Waals surface area contributed by atoms with Crippen LogP contribution in [0, 0.1) is 5.92 Å². The normalized spacial score (nSPS) is 15.3. The lowest BCUT2D eigenvalue weighted by Crippen LogP contribution is -2.41. The van der Waals surface area contributed by atoms with E-state index in [0.29, 0.717) is 17.4 Å². The summed E-state index contributed by atoms with van der Waals surface area (Å²) in [5, 5.41) is 2.13. The van der Waals surface area contributed by atoms with Crippen LogP contribution < -0.4 is 9.47 Å². The highest BCUT2D eigenvalue weighted by atomic mass is 32.1. The maximum absolute atomic E-state index is 12.4. The minimum absolute atomic E-state index is 0.0514. The van der Waals surface area contributed by atoms with Crippen molar-refractivity contribution < 1.29 is 14.3 Å². The first-order valence-corrected chi connectivity index (χ1v) is 9.20. The molecule has 1 aromatic heterocycles. The van der Waals surface area contributed by atoms with Crippen molar-refractivity contribution in [2.24, 2.45) is 5.92 Å². The lowest BCUT2D eigenvalue weighted by atomic mass is 9.93. The van der Waals surface area contributed by atoms with Gasteiger partial charge in [-0.3, -0.25) is 4.79 Å². The minimum Gasteiger partial charge on any atom is -0.493 e. The van der Waals surface area contributed by atoms with Crippen LogP contribution in [-0.4, -0.2) is 37.6 Å². The number of hydrogen-bond donors (Lipinski definition) is 0. The van der Waals surface area contributed by atoms with Gasteiger partial charge in [0.15, 0.2) is 18.1 Å². The summed E-state index contributed by atoms with van der Waals surface area (Å²) in [6, 6.07) is 11.7. The average molecular weight is 345 g/mol. The van der Waals surface area contributed by atoms with Crippen LogP contribution in [0.1, 0.15) is 17.7 Å². The molecule has 128 valence electrons. The van der Waals surface area contributed by atoms with Gasteiger partial charge in [0.25, 0.3) is 5.91 Å². The predicted molar refractivity (Wildman–Crippen MR) is 95.8 cm³/mol. The molecule has 2 aromatic rings. The third-order valence-corrected chi connectivity index (χ3v) is 5.36. The minimum atomic E-state index is 0.0514. The van der Waals surface area contributed by atoms with Crippen molar-refractivity contribution in [1.82, 2.24) is 4.90 Å². The van der Waals surface area contributed by atoms with Crippen molar-refractivity contribution in [3.05, 3.63) is 46.7 Å². The summed E-state index contributed by atoms with van der Waals surface area (Å²) in [7, 11) is 1.60. The van der Waals surface area contributed by atoms with Gasteiger partial charge in [-0.05, 0) is 48.8 Å². The summed E-state index contributed by atoms with van der Waals surface area (Å²) in [4.78, 5) is 15.7. The Morgan fingerprint density at radius 3 is 2.58 bits per heavy atom. The molecule has 1 fully saturated rings. The summed E-state index contributed by atoms with van der Waals surface area (Å²) in [5.74, 6) is 2.00. The zero-order chi connectivity index (χ0) is 16.8. The molecule has 1 aliphatic heterocycles. The second kappa shape index (κ2) is 8.20. The van der Waals surface area contributed by atoms with Crippen LogP contribution in [0.2, 0.25) is 0 Å². The Balaban J connectivity index is 1.45. The average Bonchev–Trinajstić information content (AvgIpc) is 3.13. The number of methoxy groups -OCH3 is 1. The van der Waals surface area contributed by atoms with Crippen molar-refractivity contribution in [1.29, 1.82) is 0 Å². The summed E-state index contributed by atoms with van der Waals surface area (Å²) in [6.45, 7) is 1.71. The van der Waals surface area contributed by atoms with E-state index in [9.17, 15) is 4.79 Å². The first-order chi connectivity index (χ1) is 11.8. The lowest BCUT2D eigenvalue weighted by Gasteiger charge is -2.31. The van der Waals surface area contributed by atoms with E-state index in [4.69, 9.17) is 9.47 Å². The fourth-order valence-corrected chi connectivity index (χ4v) is 3.89. The number of amides is 1. The Labute approximate surface area is 147 Å². The monoisotopic (exact) mass is 345 g/mol. The zero-order valence-electron chi connectivity index (χ0n) is 13.9. The first-order valence-electron chi connectivity index (χ1n) is 8.32. The lowest BCUT2D eigenvalue weighted by molar-refractivity contribution is -0.134. The number of hydrogen-bond acceptors (Lipinski definition) is 4. The summed E-state index contributed by atoms with van der Waals surface area (Å²) in [5.41, 5.74) is 0. The van der Waals surface area contributed by atoms with Gasteiger partial charge in [-0.1, -0.05) is 18.2 Å². The van der Waals surface area contributed by atoms with Gasteiger partial charge in [0.1, 0.15) is 0 Å². The molecular weight excluding hydrogens is 322 g/mol. The predicted octanol–water partition coefficient (Wildman–Crippen LogP) is 3.62. The second-order valence-corrected chi connectivity index (χ2v) is 7.08. The number of piperidine rings is 1. The van der Waals surface area contributed by atoms with E-state index < -0.39 is 0 Å². The third-order valence-electron chi connectivity index (χ3n) is 4.46. The van der Waals surface area contributed by atoms with Crippen molar-refractivity contribution in [2.45, 2.75) is 19.3 Å². The number of para-hydroxylation sites is 2. The molecule has 4 nitrogen and oxygen atoms in total. The Kier molecular flexibility index (Phi) is 5.75. The molecule has 1 aromatic carbocycles. The number of ether oxygens (including phenoxy) is 2. The molecule has 0 N–H and O–H groups in total. The number of carbonyl (C=O) groups excluding carboxylic acids is 1. The Morgan fingerprint density at radius 2 is 1.92 bits per heavy atom. The van der Waals surface area contributed by atoms with E-state index >= 15 is 0 Å². The molecule has 0 bridgehead atoms. The molecule has 0 atom stereocenters. The molecule has 0 spiro atoms. The topological polar surface area (TPSA) is 38.8 Å². The van der Waals surface area contributed by atoms with Crippen LogP contribution in [-0.2, 0) is 11.2 Å². The number of likely N-dealkylation sites (tertiary alicyclic amines) is 1. The Bertz CT molecular complexity index is 648. The standard InChI is InChI=1S/C19H23NO3S/c1-22-17-6-2-3-7-18(17)23-14-19(21)20-10-8-15(9-11-20)13-16-5-4-12-24-16/h2-7,12,15H,8-11,13-14H2,1H3. The van der Waals surface area contributed by atoms with Crippen LogP contribution in [0.4, 0.5) is 0 Å². The second-order valence-electron chi connectivity index (χ2n) is 6.05. The van der Waals surface area contributed by atoms with Crippen molar-refractivity contribution in [2.75, 3.05) is 26.8 Å². The number of carbonyl (C=O) groups is 1. The molecule has 0 unspecified atom stereocenters. The van der Waals surface area contributed by atoms with Crippen LogP contribution in [0.5, 0.6) is 11.5 Å². The van der Waals surface area contributed by atoms with Crippen molar-refractivity contribution >= 4 is 17.2 Å². The quantitative estimate of drug-likeness (QED) is 0.803. The van der Waals surface area contributed by atoms with Gasteiger partial charge in [0.2, 0.25) is 0 Å². The van der Waals surface area contributed by atoms with Gasteiger partial charge in [0.05, 0.1) is 7.11 Å². The summed E-state index contributed by atoms with van der Waals surface area (Å²) >= 11 is 1.82. The fraction of sp³-hybridized carbons (Fsp3) is 0.421. The molecule has 2 heterocycles. The molecule has 5 heteroatoms. The van der Waals surface area contributed by atoms with Gasteiger partial charge < -0.3 is 14.4 Å². The highest BCUT2D eigenvalue weighted by molar-refractivity contribution is 7.09. The van der Waals surface area contributed by atoms with Crippen molar-refractivity contribution in [3.8, 4) is 11.5 Å². The summed E-state index contributed by atoms with van der Waals surface area (Å²) < 4.78 is 10.9. The first kappa shape index (κ1) is 16.8. The van der Waals surface area contributed by atoms with Gasteiger partial charge in [-0.25, -0.2) is 0 Å². The van der Waals surface area contributed by atoms with E-state index in [0.717, 1.165) is 32.4 Å². The molecule has 3 rings (SSSR count). The zero-order valence-corrected chi connectivity index (χ0v) is 14.8. The van der Waals surface area contributed by atoms with Gasteiger partial charge in [-0.15, -0.1) is 11.3 Å². The van der Waals surface area contributed by atoms with E-state index in [1.807, 2.05) is 40.5 Å². The van der Waals surface area contributed by atoms with Gasteiger partial charge in [-0.2, -0.15) is 0 Å². The SMILES string of the molecule is COc1ccccc1OCC(=O)N1CCC(Cc2cccs2)CC1. The molecule has 0 radical (unpaired) electrons. The van der Waals surface area contributed by atoms with Crippen LogP contribution in [0.25, 0.3) is 0 Å². The van der Waals surface area contributed by atoms with Crippen LogP contribution >= 0.6 is 11.3 Å². The van der Waals surface area contributed by atoms with Crippen LogP contribution in [0.3, 0.4) is 0 Å². The molecule has 1 aliphatic rings. The highest BCUT2D eigenvalue weighted by Gasteiger charge is 2.23. The maximum Gasteiger partial charge on any atom is 0.260 e. The van der Waals surface area contributed by atoms with Gasteiger partial charge in [0, 0.05) is 18.0 Å². The molecule has 24 heavy (non-hydrogen) atoms. The van der Waals surface area contributed by atoms with E-state index in [-0.39, 0.29) is 12.5 Å². The number of nitrogens with zero attached hydrogens (tertiary/aromatic N) is 1. The maximum atomic E-state index is 12.4. The number of thiophene rings is 1.